The Balaban J connectivity index is 2.76. The topological polar surface area (TPSA) is 39.2 Å². The molecule has 1 aromatic rings. The van der Waals surface area contributed by atoms with Gasteiger partial charge in [0, 0.05) is 17.5 Å². The molecular weight excluding hydrogens is 190 g/mol. The highest BCUT2D eigenvalue weighted by atomic mass is 16.5. The lowest BCUT2D eigenvalue weighted by Gasteiger charge is -2.00. The third-order valence-electron chi connectivity index (χ3n) is 1.95. The third-order valence-corrected chi connectivity index (χ3v) is 1.95. The van der Waals surface area contributed by atoms with E-state index in [1.165, 1.54) is 6.08 Å². The van der Waals surface area contributed by atoms with Crippen molar-refractivity contribution < 1.29 is 9.53 Å². The number of hydrogen-bond acceptors (Lipinski definition) is 3. The second-order valence-electron chi connectivity index (χ2n) is 3.21. The first-order valence-electron chi connectivity index (χ1n) is 4.92. The van der Waals surface area contributed by atoms with Crippen LogP contribution < -0.4 is 0 Å². The lowest BCUT2D eigenvalue weighted by molar-refractivity contribution is -0.137. The van der Waals surface area contributed by atoms with Gasteiger partial charge in [-0.3, -0.25) is 4.98 Å². The molecule has 0 aliphatic heterocycles. The normalized spacial score (nSPS) is 10.6. The maximum atomic E-state index is 11.1. The standard InChI is InChI=1S/C12H15NO2/c1-4-15-12(14)8-7-11-6-5-9(2)13-10(11)3/h5-8H,4H2,1-3H3. The van der Waals surface area contributed by atoms with E-state index in [1.807, 2.05) is 26.0 Å². The lowest BCUT2D eigenvalue weighted by atomic mass is 10.2. The Morgan fingerprint density at radius 3 is 2.80 bits per heavy atom. The van der Waals surface area contributed by atoms with Crippen molar-refractivity contribution in [1.29, 1.82) is 0 Å². The molecular formula is C12H15NO2. The highest BCUT2D eigenvalue weighted by molar-refractivity contribution is 5.87. The van der Waals surface area contributed by atoms with E-state index in [-0.39, 0.29) is 5.97 Å². The summed E-state index contributed by atoms with van der Waals surface area (Å²) < 4.78 is 4.78. The van der Waals surface area contributed by atoms with Gasteiger partial charge in [0.15, 0.2) is 0 Å². The van der Waals surface area contributed by atoms with Gasteiger partial charge in [0.25, 0.3) is 0 Å². The van der Waals surface area contributed by atoms with Crippen LogP contribution in [-0.2, 0) is 9.53 Å². The van der Waals surface area contributed by atoms with Crippen molar-refractivity contribution in [3.05, 3.63) is 35.2 Å². The largest absolute Gasteiger partial charge is 0.463 e. The zero-order valence-corrected chi connectivity index (χ0v) is 9.28. The Morgan fingerprint density at radius 2 is 2.20 bits per heavy atom. The van der Waals surface area contributed by atoms with Crippen LogP contribution >= 0.6 is 0 Å². The van der Waals surface area contributed by atoms with Crippen LogP contribution in [0.2, 0.25) is 0 Å². The van der Waals surface area contributed by atoms with Crippen molar-refractivity contribution in [1.82, 2.24) is 4.98 Å². The van der Waals surface area contributed by atoms with Gasteiger partial charge in [0.1, 0.15) is 0 Å². The number of rotatable bonds is 3. The molecule has 0 aliphatic rings. The Kier molecular flexibility index (Phi) is 4.03. The van der Waals surface area contributed by atoms with Gasteiger partial charge in [-0.15, -0.1) is 0 Å². The number of aryl methyl sites for hydroxylation is 2. The molecule has 0 aromatic carbocycles. The van der Waals surface area contributed by atoms with Gasteiger partial charge in [0.05, 0.1) is 6.61 Å². The molecule has 0 amide bonds. The minimum atomic E-state index is -0.322. The molecule has 0 bridgehead atoms. The average Bonchev–Trinajstić information content (AvgIpc) is 2.17. The summed E-state index contributed by atoms with van der Waals surface area (Å²) in [4.78, 5) is 15.4. The first-order chi connectivity index (χ1) is 7.13. The highest BCUT2D eigenvalue weighted by Gasteiger charge is 1.98. The van der Waals surface area contributed by atoms with Crippen LogP contribution in [0.5, 0.6) is 0 Å². The fourth-order valence-electron chi connectivity index (χ4n) is 1.22. The number of ether oxygens (including phenoxy) is 1. The van der Waals surface area contributed by atoms with Crippen LogP contribution in [0.15, 0.2) is 18.2 Å². The van der Waals surface area contributed by atoms with Gasteiger partial charge in [0.2, 0.25) is 0 Å². The Morgan fingerprint density at radius 1 is 1.47 bits per heavy atom. The zero-order valence-electron chi connectivity index (χ0n) is 9.28. The molecule has 0 unspecified atom stereocenters. The number of carbonyl (C=O) groups excluding carboxylic acids is 1. The minimum absolute atomic E-state index is 0.322. The number of carbonyl (C=O) groups is 1. The summed E-state index contributed by atoms with van der Waals surface area (Å²) in [6.07, 6.45) is 3.14. The van der Waals surface area contributed by atoms with Crippen molar-refractivity contribution in [2.45, 2.75) is 20.8 Å². The SMILES string of the molecule is CCOC(=O)C=Cc1ccc(C)nc1C. The van der Waals surface area contributed by atoms with E-state index in [1.54, 1.807) is 13.0 Å². The zero-order chi connectivity index (χ0) is 11.3. The number of aromatic nitrogens is 1. The molecule has 0 saturated heterocycles. The maximum absolute atomic E-state index is 11.1. The molecule has 15 heavy (non-hydrogen) atoms. The summed E-state index contributed by atoms with van der Waals surface area (Å²) in [7, 11) is 0. The fourth-order valence-corrected chi connectivity index (χ4v) is 1.22. The van der Waals surface area contributed by atoms with Crippen molar-refractivity contribution in [3.8, 4) is 0 Å². The number of pyridine rings is 1. The molecule has 1 aromatic heterocycles. The second kappa shape index (κ2) is 5.29. The van der Waals surface area contributed by atoms with Gasteiger partial charge < -0.3 is 4.74 Å². The van der Waals surface area contributed by atoms with Crippen LogP contribution in [0.3, 0.4) is 0 Å². The van der Waals surface area contributed by atoms with Gasteiger partial charge in [-0.05, 0) is 38.5 Å². The molecule has 0 atom stereocenters. The number of hydrogen-bond donors (Lipinski definition) is 0. The average molecular weight is 205 g/mol. The molecule has 3 heteroatoms. The van der Waals surface area contributed by atoms with E-state index in [4.69, 9.17) is 4.74 Å². The van der Waals surface area contributed by atoms with E-state index in [9.17, 15) is 4.79 Å². The summed E-state index contributed by atoms with van der Waals surface area (Å²) in [5, 5.41) is 0. The molecule has 0 spiro atoms. The monoisotopic (exact) mass is 205 g/mol. The van der Waals surface area contributed by atoms with Gasteiger partial charge >= 0.3 is 5.97 Å². The lowest BCUT2D eigenvalue weighted by Crippen LogP contribution is -1.99. The molecule has 0 saturated carbocycles. The van der Waals surface area contributed by atoms with Crippen LogP contribution in [-0.4, -0.2) is 17.6 Å². The summed E-state index contributed by atoms with van der Waals surface area (Å²) in [6, 6.07) is 3.85. The van der Waals surface area contributed by atoms with Crippen LogP contribution in [0.4, 0.5) is 0 Å². The van der Waals surface area contributed by atoms with Crippen molar-refractivity contribution in [3.63, 3.8) is 0 Å². The van der Waals surface area contributed by atoms with Crippen LogP contribution in [0.25, 0.3) is 6.08 Å². The van der Waals surface area contributed by atoms with Crippen molar-refractivity contribution >= 4 is 12.0 Å². The number of nitrogens with zero attached hydrogens (tertiary/aromatic N) is 1. The van der Waals surface area contributed by atoms with E-state index in [0.29, 0.717) is 6.61 Å². The molecule has 1 heterocycles. The van der Waals surface area contributed by atoms with E-state index in [2.05, 4.69) is 4.98 Å². The molecule has 0 radical (unpaired) electrons. The second-order valence-corrected chi connectivity index (χ2v) is 3.21. The predicted octanol–water partition coefficient (Wildman–Crippen LogP) is 2.27. The first kappa shape index (κ1) is 11.4. The molecule has 0 fully saturated rings. The van der Waals surface area contributed by atoms with Crippen molar-refractivity contribution in [2.24, 2.45) is 0 Å². The highest BCUT2D eigenvalue weighted by Crippen LogP contribution is 2.08. The Hall–Kier alpha value is -1.64. The van der Waals surface area contributed by atoms with Gasteiger partial charge in [-0.1, -0.05) is 6.07 Å². The molecule has 0 aliphatic carbocycles. The van der Waals surface area contributed by atoms with E-state index in [0.717, 1.165) is 17.0 Å². The summed E-state index contributed by atoms with van der Waals surface area (Å²) in [6.45, 7) is 6.03. The fraction of sp³-hybridized carbons (Fsp3) is 0.333. The van der Waals surface area contributed by atoms with Crippen LogP contribution in [0.1, 0.15) is 23.9 Å². The van der Waals surface area contributed by atoms with Gasteiger partial charge in [-0.25, -0.2) is 4.79 Å². The molecule has 80 valence electrons. The first-order valence-corrected chi connectivity index (χ1v) is 4.92. The quantitative estimate of drug-likeness (QED) is 0.561. The van der Waals surface area contributed by atoms with Gasteiger partial charge in [-0.2, -0.15) is 0 Å². The molecule has 1 rings (SSSR count). The molecule has 3 nitrogen and oxygen atoms in total. The Bertz CT molecular complexity index is 383. The van der Waals surface area contributed by atoms with Crippen molar-refractivity contribution in [2.75, 3.05) is 6.61 Å². The Labute approximate surface area is 89.8 Å². The summed E-state index contributed by atoms with van der Waals surface area (Å²) in [5.74, 6) is -0.322. The summed E-state index contributed by atoms with van der Waals surface area (Å²) >= 11 is 0. The van der Waals surface area contributed by atoms with Crippen LogP contribution in [0, 0.1) is 13.8 Å². The number of esters is 1. The molecule has 0 N–H and O–H groups in total. The summed E-state index contributed by atoms with van der Waals surface area (Å²) in [5.41, 5.74) is 2.82. The van der Waals surface area contributed by atoms with E-state index >= 15 is 0 Å². The maximum Gasteiger partial charge on any atom is 0.330 e. The minimum Gasteiger partial charge on any atom is -0.463 e. The van der Waals surface area contributed by atoms with E-state index < -0.39 is 0 Å². The smallest absolute Gasteiger partial charge is 0.330 e. The third kappa shape index (κ3) is 3.54. The predicted molar refractivity (Wildman–Crippen MR) is 59.4 cm³/mol.